The number of hydrogen-bond acceptors (Lipinski definition) is 5. The SMILES string of the molecule is Oc1ccccc1-c1nc2ccccc2n1-c1ccccc1.Oc1ccccc1-c1nc2ccccc2o1.[Zn]. The van der Waals surface area contributed by atoms with Crippen LogP contribution in [0.1, 0.15) is 0 Å². The van der Waals surface area contributed by atoms with Crippen molar-refractivity contribution in [2.45, 2.75) is 0 Å². The molecule has 0 fully saturated rings. The summed E-state index contributed by atoms with van der Waals surface area (Å²) < 4.78 is 7.64. The summed E-state index contributed by atoms with van der Waals surface area (Å²) in [4.78, 5) is 9.04. The fraction of sp³-hybridized carbons (Fsp3) is 0. The van der Waals surface area contributed by atoms with Crippen molar-refractivity contribution in [1.29, 1.82) is 0 Å². The van der Waals surface area contributed by atoms with E-state index >= 15 is 0 Å². The molecule has 0 spiro atoms. The summed E-state index contributed by atoms with van der Waals surface area (Å²) in [6.45, 7) is 0. The van der Waals surface area contributed by atoms with Gasteiger partial charge in [0.25, 0.3) is 0 Å². The molecule has 0 unspecified atom stereocenters. The van der Waals surface area contributed by atoms with E-state index in [0.717, 1.165) is 39.2 Å². The second-order valence-corrected chi connectivity index (χ2v) is 8.62. The van der Waals surface area contributed by atoms with Crippen LogP contribution in [0.5, 0.6) is 11.5 Å². The van der Waals surface area contributed by atoms with Gasteiger partial charge in [-0.25, -0.2) is 9.97 Å². The molecule has 0 saturated carbocycles. The second-order valence-electron chi connectivity index (χ2n) is 8.62. The summed E-state index contributed by atoms with van der Waals surface area (Å²) in [7, 11) is 0. The molecule has 2 aromatic heterocycles. The first-order valence-electron chi connectivity index (χ1n) is 12.1. The molecule has 0 saturated heterocycles. The number of phenolic OH excluding ortho intramolecular Hbond substituents is 2. The average Bonchev–Trinajstić information content (AvgIpc) is 3.56. The Morgan fingerprint density at radius 1 is 0.538 bits per heavy atom. The number of aromatic nitrogens is 3. The minimum absolute atomic E-state index is 0. The summed E-state index contributed by atoms with van der Waals surface area (Å²) in [5.41, 5.74) is 5.80. The molecule has 5 aromatic carbocycles. The first kappa shape index (κ1) is 25.9. The number of imidazole rings is 1. The third kappa shape index (κ3) is 5.17. The van der Waals surface area contributed by atoms with Crippen LogP contribution in [0.15, 0.2) is 132 Å². The summed E-state index contributed by atoms with van der Waals surface area (Å²) in [6, 6.07) is 39.9. The zero-order chi connectivity index (χ0) is 25.9. The first-order valence-corrected chi connectivity index (χ1v) is 12.1. The van der Waals surface area contributed by atoms with Crippen LogP contribution in [0.2, 0.25) is 0 Å². The number of phenols is 2. The average molecular weight is 563 g/mol. The Kier molecular flexibility index (Phi) is 7.53. The molecule has 2 N–H and O–H groups in total. The quantitative estimate of drug-likeness (QED) is 0.217. The van der Waals surface area contributed by atoms with Gasteiger partial charge in [0.2, 0.25) is 5.89 Å². The predicted molar refractivity (Wildman–Crippen MR) is 149 cm³/mol. The van der Waals surface area contributed by atoms with Gasteiger partial charge in [0.15, 0.2) is 5.58 Å². The van der Waals surface area contributed by atoms with Gasteiger partial charge in [-0.3, -0.25) is 4.57 Å². The van der Waals surface area contributed by atoms with Crippen LogP contribution in [-0.2, 0) is 19.5 Å². The Hall–Kier alpha value is -4.74. The van der Waals surface area contributed by atoms with E-state index in [1.165, 1.54) is 0 Å². The fourth-order valence-corrected chi connectivity index (χ4v) is 4.35. The number of hydrogen-bond donors (Lipinski definition) is 2. The minimum atomic E-state index is 0. The second kappa shape index (κ2) is 11.3. The van der Waals surface area contributed by atoms with Crippen molar-refractivity contribution in [3.8, 4) is 40.0 Å². The third-order valence-corrected chi connectivity index (χ3v) is 6.15. The molecule has 0 amide bonds. The Bertz CT molecular complexity index is 1830. The molecule has 0 atom stereocenters. The van der Waals surface area contributed by atoms with Crippen molar-refractivity contribution < 1.29 is 34.1 Å². The van der Waals surface area contributed by atoms with Crippen molar-refractivity contribution in [2.75, 3.05) is 0 Å². The van der Waals surface area contributed by atoms with Gasteiger partial charge in [0.05, 0.1) is 22.2 Å². The monoisotopic (exact) mass is 561 g/mol. The molecule has 6 nitrogen and oxygen atoms in total. The molecule has 7 aromatic rings. The van der Waals surface area contributed by atoms with Gasteiger partial charge in [0, 0.05) is 25.2 Å². The number of aromatic hydroxyl groups is 2. The zero-order valence-corrected chi connectivity index (χ0v) is 23.9. The molecule has 186 valence electrons. The van der Waals surface area contributed by atoms with Gasteiger partial charge in [-0.05, 0) is 60.7 Å². The molecule has 7 rings (SSSR count). The van der Waals surface area contributed by atoms with Crippen LogP contribution in [-0.4, -0.2) is 24.7 Å². The topological polar surface area (TPSA) is 84.3 Å². The third-order valence-electron chi connectivity index (χ3n) is 6.15. The van der Waals surface area contributed by atoms with Gasteiger partial charge >= 0.3 is 0 Å². The van der Waals surface area contributed by atoms with Crippen molar-refractivity contribution in [1.82, 2.24) is 14.5 Å². The molecular formula is C32H23N3O3Zn. The fourth-order valence-electron chi connectivity index (χ4n) is 4.35. The van der Waals surface area contributed by atoms with Crippen molar-refractivity contribution >= 4 is 22.1 Å². The Morgan fingerprint density at radius 2 is 1.10 bits per heavy atom. The van der Waals surface area contributed by atoms with Crippen LogP contribution in [0, 0.1) is 0 Å². The number of benzene rings is 5. The molecular weight excluding hydrogens is 540 g/mol. The summed E-state index contributed by atoms with van der Waals surface area (Å²) in [5.74, 6) is 1.59. The van der Waals surface area contributed by atoms with E-state index in [1.54, 1.807) is 24.3 Å². The van der Waals surface area contributed by atoms with E-state index < -0.39 is 0 Å². The van der Waals surface area contributed by atoms with E-state index in [-0.39, 0.29) is 31.0 Å². The molecule has 0 aliphatic carbocycles. The zero-order valence-electron chi connectivity index (χ0n) is 21.0. The smallest absolute Gasteiger partial charge is 0.231 e. The van der Waals surface area contributed by atoms with Crippen molar-refractivity contribution in [2.24, 2.45) is 0 Å². The van der Waals surface area contributed by atoms with Gasteiger partial charge in [-0.2, -0.15) is 0 Å². The predicted octanol–water partition coefficient (Wildman–Crippen LogP) is 7.60. The molecule has 0 aliphatic rings. The number of para-hydroxylation sites is 7. The standard InChI is InChI=1S/C19H14N2O.C13H9NO2.Zn/c22-18-13-7-4-10-15(18)19-20-16-11-5-6-12-17(16)21(19)14-8-2-1-3-9-14;15-11-7-3-1-5-9(11)13-14-10-6-2-4-8-12(10)16-13;/h1-13,22H;1-8,15H;. The van der Waals surface area contributed by atoms with Crippen molar-refractivity contribution in [3.63, 3.8) is 0 Å². The summed E-state index contributed by atoms with van der Waals surface area (Å²) >= 11 is 0. The van der Waals surface area contributed by atoms with Gasteiger partial charge in [0.1, 0.15) is 22.8 Å². The van der Waals surface area contributed by atoms with Crippen LogP contribution in [0.25, 0.3) is 50.7 Å². The van der Waals surface area contributed by atoms with Crippen LogP contribution in [0.4, 0.5) is 0 Å². The van der Waals surface area contributed by atoms with E-state index in [0.29, 0.717) is 11.5 Å². The molecule has 0 bridgehead atoms. The van der Waals surface area contributed by atoms with Gasteiger partial charge in [-0.15, -0.1) is 0 Å². The Morgan fingerprint density at radius 3 is 1.79 bits per heavy atom. The van der Waals surface area contributed by atoms with Gasteiger partial charge < -0.3 is 14.6 Å². The maximum absolute atomic E-state index is 10.2. The minimum Gasteiger partial charge on any atom is -0.507 e. The number of oxazole rings is 1. The van der Waals surface area contributed by atoms with Crippen LogP contribution < -0.4 is 0 Å². The van der Waals surface area contributed by atoms with E-state index in [4.69, 9.17) is 9.40 Å². The van der Waals surface area contributed by atoms with Gasteiger partial charge in [-0.1, -0.05) is 66.7 Å². The van der Waals surface area contributed by atoms with E-state index in [2.05, 4.69) is 9.55 Å². The number of rotatable bonds is 3. The molecule has 0 radical (unpaired) electrons. The Labute approximate surface area is 237 Å². The molecule has 39 heavy (non-hydrogen) atoms. The van der Waals surface area contributed by atoms with Crippen molar-refractivity contribution in [3.05, 3.63) is 127 Å². The molecule has 2 heterocycles. The number of nitrogens with zero attached hydrogens (tertiary/aromatic N) is 3. The molecule has 0 aliphatic heterocycles. The summed E-state index contributed by atoms with van der Waals surface area (Å²) in [6.07, 6.45) is 0. The maximum Gasteiger partial charge on any atom is 0.231 e. The maximum atomic E-state index is 10.2. The normalized spacial score (nSPS) is 10.6. The molecule has 7 heteroatoms. The van der Waals surface area contributed by atoms with E-state index in [1.807, 2.05) is 103 Å². The van der Waals surface area contributed by atoms with Crippen LogP contribution in [0.3, 0.4) is 0 Å². The van der Waals surface area contributed by atoms with Crippen LogP contribution >= 0.6 is 0 Å². The first-order chi connectivity index (χ1) is 18.7. The Balaban J connectivity index is 0.000000161. The largest absolute Gasteiger partial charge is 0.507 e. The van der Waals surface area contributed by atoms with E-state index in [9.17, 15) is 10.2 Å². The number of fused-ring (bicyclic) bond motifs is 2. The summed E-state index contributed by atoms with van der Waals surface area (Å²) in [5, 5.41) is 19.9.